The molecule has 5 nitrogen and oxygen atoms in total. The Kier molecular flexibility index (Phi) is 5.59. The summed E-state index contributed by atoms with van der Waals surface area (Å²) >= 11 is 0. The lowest BCUT2D eigenvalue weighted by Crippen LogP contribution is -2.39. The molecule has 2 unspecified atom stereocenters. The molecule has 0 spiro atoms. The van der Waals surface area contributed by atoms with Gasteiger partial charge < -0.3 is 15.2 Å². The third-order valence-corrected chi connectivity index (χ3v) is 6.36. The van der Waals surface area contributed by atoms with E-state index in [1.807, 2.05) is 44.2 Å². The van der Waals surface area contributed by atoms with Crippen LogP contribution in [0.25, 0.3) is 0 Å². The Morgan fingerprint density at radius 3 is 2.86 bits per heavy atom. The standard InChI is InChI=1S/C24H31N3O2/c1-4-23-19-11-16(21(19)13-28-23)10-17-9-15(7-8-27-17)24(26)20-12-18(29-14(2)3)5-6-22(20)25/h5-9,12,14,16,19,21,23,26H,4,10-11,13,25H2,1-3H3/t16?,19?,21-,23+/m0/s1. The van der Waals surface area contributed by atoms with Crippen LogP contribution in [0.1, 0.15) is 50.4 Å². The first-order valence-electron chi connectivity index (χ1n) is 10.7. The normalized spacial score (nSPS) is 25.5. The quantitative estimate of drug-likeness (QED) is 0.537. The molecular weight excluding hydrogens is 362 g/mol. The third-order valence-electron chi connectivity index (χ3n) is 6.36. The minimum atomic E-state index is 0.0753. The number of nitrogens with zero attached hydrogens (tertiary/aromatic N) is 1. The van der Waals surface area contributed by atoms with Crippen molar-refractivity contribution in [3.63, 3.8) is 0 Å². The molecule has 1 saturated carbocycles. The van der Waals surface area contributed by atoms with Gasteiger partial charge in [-0.05, 0) is 81.2 Å². The van der Waals surface area contributed by atoms with Crippen LogP contribution in [0.15, 0.2) is 36.5 Å². The van der Waals surface area contributed by atoms with Crippen LogP contribution in [0.4, 0.5) is 5.69 Å². The largest absolute Gasteiger partial charge is 0.491 e. The predicted octanol–water partition coefficient (Wildman–Crippen LogP) is 4.47. The number of nitrogen functional groups attached to an aromatic ring is 1. The highest BCUT2D eigenvalue weighted by molar-refractivity contribution is 6.14. The predicted molar refractivity (Wildman–Crippen MR) is 116 cm³/mol. The van der Waals surface area contributed by atoms with Crippen molar-refractivity contribution in [2.45, 2.75) is 52.2 Å². The number of anilines is 1. The van der Waals surface area contributed by atoms with Gasteiger partial charge in [0.05, 0.1) is 24.5 Å². The first-order chi connectivity index (χ1) is 14.0. The van der Waals surface area contributed by atoms with E-state index in [1.165, 1.54) is 6.42 Å². The molecule has 4 rings (SSSR count). The molecule has 3 N–H and O–H groups in total. The molecule has 2 heterocycles. The molecule has 1 aliphatic heterocycles. The van der Waals surface area contributed by atoms with Gasteiger partial charge in [0, 0.05) is 28.7 Å². The number of hydrogen-bond acceptors (Lipinski definition) is 5. The van der Waals surface area contributed by atoms with Crippen molar-refractivity contribution in [2.24, 2.45) is 17.8 Å². The van der Waals surface area contributed by atoms with Gasteiger partial charge in [-0.1, -0.05) is 6.92 Å². The number of ether oxygens (including phenoxy) is 2. The Bertz CT molecular complexity index is 895. The van der Waals surface area contributed by atoms with Crippen LogP contribution >= 0.6 is 0 Å². The molecule has 29 heavy (non-hydrogen) atoms. The van der Waals surface area contributed by atoms with Crippen LogP contribution in [-0.2, 0) is 11.2 Å². The van der Waals surface area contributed by atoms with Crippen molar-refractivity contribution in [3.05, 3.63) is 53.3 Å². The summed E-state index contributed by atoms with van der Waals surface area (Å²) in [5.74, 6) is 2.78. The lowest BCUT2D eigenvalue weighted by Gasteiger charge is -2.41. The van der Waals surface area contributed by atoms with E-state index in [-0.39, 0.29) is 6.10 Å². The Hall–Kier alpha value is -2.40. The Morgan fingerprint density at radius 1 is 1.28 bits per heavy atom. The Labute approximate surface area is 173 Å². The molecule has 0 amide bonds. The van der Waals surface area contributed by atoms with Gasteiger partial charge in [0.25, 0.3) is 0 Å². The maximum Gasteiger partial charge on any atom is 0.120 e. The van der Waals surface area contributed by atoms with Crippen LogP contribution in [0.2, 0.25) is 0 Å². The SMILES string of the molecule is CC[C@H]1OC[C@H]2C(Cc3cc(C(=N)c4cc(OC(C)C)ccc4N)ccn3)CC21. The average Bonchev–Trinajstić information content (AvgIpc) is 3.03. The molecule has 1 saturated heterocycles. The summed E-state index contributed by atoms with van der Waals surface area (Å²) in [7, 11) is 0. The van der Waals surface area contributed by atoms with Gasteiger partial charge in [-0.15, -0.1) is 0 Å². The van der Waals surface area contributed by atoms with Gasteiger partial charge in [-0.3, -0.25) is 10.4 Å². The van der Waals surface area contributed by atoms with Crippen molar-refractivity contribution < 1.29 is 9.47 Å². The number of benzene rings is 1. The van der Waals surface area contributed by atoms with E-state index in [0.717, 1.165) is 42.4 Å². The Balaban J connectivity index is 1.48. The van der Waals surface area contributed by atoms with Gasteiger partial charge in [-0.25, -0.2) is 0 Å². The van der Waals surface area contributed by atoms with Crippen molar-refractivity contribution in [2.75, 3.05) is 12.3 Å². The van der Waals surface area contributed by atoms with E-state index in [9.17, 15) is 0 Å². The van der Waals surface area contributed by atoms with E-state index < -0.39 is 0 Å². The van der Waals surface area contributed by atoms with Crippen LogP contribution in [0, 0.1) is 23.2 Å². The second-order valence-corrected chi connectivity index (χ2v) is 8.63. The second-order valence-electron chi connectivity index (χ2n) is 8.63. The highest BCUT2D eigenvalue weighted by Crippen LogP contribution is 2.50. The van der Waals surface area contributed by atoms with Crippen molar-refractivity contribution in [1.82, 2.24) is 4.98 Å². The smallest absolute Gasteiger partial charge is 0.120 e. The molecule has 2 aliphatic rings. The summed E-state index contributed by atoms with van der Waals surface area (Å²) in [4.78, 5) is 4.58. The van der Waals surface area contributed by atoms with E-state index >= 15 is 0 Å². The number of nitrogens with two attached hydrogens (primary N) is 1. The van der Waals surface area contributed by atoms with E-state index in [4.69, 9.17) is 20.6 Å². The van der Waals surface area contributed by atoms with Gasteiger partial charge in [0.15, 0.2) is 0 Å². The molecule has 2 fully saturated rings. The summed E-state index contributed by atoms with van der Waals surface area (Å²) in [6, 6.07) is 9.44. The van der Waals surface area contributed by atoms with Crippen LogP contribution < -0.4 is 10.5 Å². The first-order valence-corrected chi connectivity index (χ1v) is 10.7. The summed E-state index contributed by atoms with van der Waals surface area (Å²) < 4.78 is 11.7. The van der Waals surface area contributed by atoms with Gasteiger partial charge in [-0.2, -0.15) is 0 Å². The van der Waals surface area contributed by atoms with E-state index in [2.05, 4.69) is 11.9 Å². The fourth-order valence-electron chi connectivity index (χ4n) is 4.82. The van der Waals surface area contributed by atoms with Crippen LogP contribution in [0.5, 0.6) is 5.75 Å². The van der Waals surface area contributed by atoms with Crippen LogP contribution in [-0.4, -0.2) is 29.5 Å². The fourth-order valence-corrected chi connectivity index (χ4v) is 4.82. The van der Waals surface area contributed by atoms with Gasteiger partial charge in [0.2, 0.25) is 0 Å². The van der Waals surface area contributed by atoms with E-state index in [1.54, 1.807) is 6.20 Å². The molecule has 5 heteroatoms. The summed E-state index contributed by atoms with van der Waals surface area (Å²) in [6.07, 6.45) is 5.63. The number of fused-ring (bicyclic) bond motifs is 1. The summed E-state index contributed by atoms with van der Waals surface area (Å²) in [6.45, 7) is 7.08. The topological polar surface area (TPSA) is 81.2 Å². The lowest BCUT2D eigenvalue weighted by molar-refractivity contribution is 0.0706. The third kappa shape index (κ3) is 4.01. The second kappa shape index (κ2) is 8.15. The minimum absolute atomic E-state index is 0.0753. The molecule has 0 radical (unpaired) electrons. The molecule has 1 aliphatic carbocycles. The molecule has 1 aromatic heterocycles. The highest BCUT2D eigenvalue weighted by atomic mass is 16.5. The maximum absolute atomic E-state index is 8.71. The number of aromatic nitrogens is 1. The summed E-state index contributed by atoms with van der Waals surface area (Å²) in [5, 5.41) is 8.71. The maximum atomic E-state index is 8.71. The van der Waals surface area contributed by atoms with Gasteiger partial charge >= 0.3 is 0 Å². The van der Waals surface area contributed by atoms with Gasteiger partial charge in [0.1, 0.15) is 5.75 Å². The Morgan fingerprint density at radius 2 is 2.10 bits per heavy atom. The molecule has 1 aromatic carbocycles. The number of nitrogens with one attached hydrogen (secondary N) is 1. The molecule has 154 valence electrons. The molecule has 4 atom stereocenters. The van der Waals surface area contributed by atoms with Crippen molar-refractivity contribution in [3.8, 4) is 5.75 Å². The first kappa shape index (κ1) is 19.9. The highest BCUT2D eigenvalue weighted by Gasteiger charge is 2.49. The molecule has 0 bridgehead atoms. The number of rotatable bonds is 7. The van der Waals surface area contributed by atoms with E-state index in [0.29, 0.717) is 34.9 Å². The lowest BCUT2D eigenvalue weighted by atomic mass is 9.62. The van der Waals surface area contributed by atoms with Crippen molar-refractivity contribution >= 4 is 11.4 Å². The fraction of sp³-hybridized carbons (Fsp3) is 0.500. The average molecular weight is 394 g/mol. The number of pyridine rings is 1. The zero-order chi connectivity index (χ0) is 20.5. The monoisotopic (exact) mass is 393 g/mol. The number of hydrogen-bond donors (Lipinski definition) is 2. The minimum Gasteiger partial charge on any atom is -0.491 e. The van der Waals surface area contributed by atoms with Crippen LogP contribution in [0.3, 0.4) is 0 Å². The molecular formula is C24H31N3O2. The summed E-state index contributed by atoms with van der Waals surface area (Å²) in [5.41, 5.74) is 9.73. The zero-order valence-corrected chi connectivity index (χ0v) is 17.5. The molecule has 2 aromatic rings. The van der Waals surface area contributed by atoms with Crippen molar-refractivity contribution in [1.29, 1.82) is 5.41 Å². The zero-order valence-electron chi connectivity index (χ0n) is 17.5.